The van der Waals surface area contributed by atoms with Crippen LogP contribution in [0, 0.1) is 0 Å². The summed E-state index contributed by atoms with van der Waals surface area (Å²) >= 11 is 0. The fourth-order valence-corrected chi connectivity index (χ4v) is 1.70. The average molecular weight is 227 g/mol. The van der Waals surface area contributed by atoms with E-state index in [1.807, 2.05) is 13.8 Å². The summed E-state index contributed by atoms with van der Waals surface area (Å²) < 4.78 is 0. The Hall–Kier alpha value is -1.76. The number of rotatable bonds is 4. The molecule has 0 radical (unpaired) electrons. The van der Waals surface area contributed by atoms with Gasteiger partial charge in [-0.1, -0.05) is 42.5 Å². The lowest BCUT2D eigenvalue weighted by molar-refractivity contribution is 1.13. The fraction of sp³-hybridized carbons (Fsp3) is 0.250. The van der Waals surface area contributed by atoms with Crippen LogP contribution in [-0.2, 0) is 0 Å². The first-order valence-corrected chi connectivity index (χ1v) is 6.01. The molecule has 90 valence electrons. The van der Waals surface area contributed by atoms with E-state index in [0.29, 0.717) is 0 Å². The summed E-state index contributed by atoms with van der Waals surface area (Å²) in [6.45, 7) is 8.25. The van der Waals surface area contributed by atoms with Crippen molar-refractivity contribution in [1.82, 2.24) is 0 Å². The van der Waals surface area contributed by atoms with Gasteiger partial charge in [-0.2, -0.15) is 0 Å². The van der Waals surface area contributed by atoms with E-state index >= 15 is 0 Å². The molecule has 1 aromatic carbocycles. The normalized spacial score (nSPS) is 12.6. The van der Waals surface area contributed by atoms with Crippen LogP contribution in [0.4, 0.5) is 5.69 Å². The molecule has 0 fully saturated rings. The first-order valence-electron chi connectivity index (χ1n) is 6.01. The standard InChI is InChI=1S/C16H21N/c1-5-10-15-11-8-9-12-16(15)17(13-6-2)14(4)7-3/h5-13H,1-4H3/b10-5-,13-6-,14-7-. The van der Waals surface area contributed by atoms with E-state index in [9.17, 15) is 0 Å². The minimum Gasteiger partial charge on any atom is -0.321 e. The highest BCUT2D eigenvalue weighted by atomic mass is 15.1. The number of allylic oxidation sites excluding steroid dienone is 4. The van der Waals surface area contributed by atoms with Crippen LogP contribution in [0.1, 0.15) is 33.3 Å². The average Bonchev–Trinajstić information content (AvgIpc) is 2.36. The van der Waals surface area contributed by atoms with Crippen molar-refractivity contribution in [3.05, 3.63) is 60.0 Å². The van der Waals surface area contributed by atoms with E-state index in [2.05, 4.69) is 73.5 Å². The van der Waals surface area contributed by atoms with Gasteiger partial charge in [0.2, 0.25) is 0 Å². The van der Waals surface area contributed by atoms with Gasteiger partial charge in [0.1, 0.15) is 0 Å². The zero-order chi connectivity index (χ0) is 12.7. The molecule has 0 aliphatic carbocycles. The van der Waals surface area contributed by atoms with E-state index in [1.165, 1.54) is 16.9 Å². The third-order valence-electron chi connectivity index (χ3n) is 2.64. The van der Waals surface area contributed by atoms with Crippen LogP contribution >= 0.6 is 0 Å². The van der Waals surface area contributed by atoms with Crippen molar-refractivity contribution in [3.8, 4) is 0 Å². The molecule has 1 aromatic rings. The van der Waals surface area contributed by atoms with Crippen molar-refractivity contribution < 1.29 is 0 Å². The van der Waals surface area contributed by atoms with Crippen LogP contribution in [0.2, 0.25) is 0 Å². The molecule has 1 nitrogen and oxygen atoms in total. The molecule has 0 spiro atoms. The van der Waals surface area contributed by atoms with Crippen LogP contribution in [-0.4, -0.2) is 0 Å². The molecule has 0 atom stereocenters. The lowest BCUT2D eigenvalue weighted by Gasteiger charge is -2.23. The molecule has 0 aromatic heterocycles. The maximum atomic E-state index is 2.20. The van der Waals surface area contributed by atoms with Crippen molar-refractivity contribution in [2.75, 3.05) is 4.90 Å². The molecule has 0 aliphatic rings. The fourth-order valence-electron chi connectivity index (χ4n) is 1.70. The van der Waals surface area contributed by atoms with Gasteiger partial charge in [0, 0.05) is 11.9 Å². The highest BCUT2D eigenvalue weighted by Crippen LogP contribution is 2.25. The Kier molecular flexibility index (Phi) is 5.28. The molecule has 0 aliphatic heterocycles. The van der Waals surface area contributed by atoms with E-state index in [-0.39, 0.29) is 0 Å². The molecule has 0 amide bonds. The predicted octanol–water partition coefficient (Wildman–Crippen LogP) is 4.98. The van der Waals surface area contributed by atoms with Crippen molar-refractivity contribution in [1.29, 1.82) is 0 Å². The lowest BCUT2D eigenvalue weighted by Crippen LogP contribution is -2.13. The zero-order valence-corrected chi connectivity index (χ0v) is 11.1. The third-order valence-corrected chi connectivity index (χ3v) is 2.64. The van der Waals surface area contributed by atoms with Crippen molar-refractivity contribution in [2.24, 2.45) is 0 Å². The van der Waals surface area contributed by atoms with E-state index in [0.717, 1.165) is 0 Å². The zero-order valence-electron chi connectivity index (χ0n) is 11.1. The van der Waals surface area contributed by atoms with Gasteiger partial charge in [0.05, 0.1) is 5.69 Å². The number of nitrogens with zero attached hydrogens (tertiary/aromatic N) is 1. The Balaban J connectivity index is 3.27. The molecule has 1 heteroatoms. The summed E-state index contributed by atoms with van der Waals surface area (Å²) in [6, 6.07) is 8.41. The molecule has 17 heavy (non-hydrogen) atoms. The molecule has 0 bridgehead atoms. The van der Waals surface area contributed by atoms with Gasteiger partial charge in [-0.25, -0.2) is 0 Å². The van der Waals surface area contributed by atoms with Gasteiger partial charge < -0.3 is 4.90 Å². The number of hydrogen-bond acceptors (Lipinski definition) is 1. The predicted molar refractivity (Wildman–Crippen MR) is 77.9 cm³/mol. The summed E-state index contributed by atoms with van der Waals surface area (Å²) in [5, 5.41) is 0. The topological polar surface area (TPSA) is 3.24 Å². The summed E-state index contributed by atoms with van der Waals surface area (Å²) in [5.74, 6) is 0. The summed E-state index contributed by atoms with van der Waals surface area (Å²) in [7, 11) is 0. The van der Waals surface area contributed by atoms with Gasteiger partial charge in [-0.15, -0.1) is 0 Å². The van der Waals surface area contributed by atoms with Crippen LogP contribution < -0.4 is 4.90 Å². The molecule has 1 rings (SSSR count). The maximum Gasteiger partial charge on any atom is 0.0524 e. The van der Waals surface area contributed by atoms with Gasteiger partial charge in [-0.3, -0.25) is 0 Å². The van der Waals surface area contributed by atoms with Gasteiger partial charge in [0.25, 0.3) is 0 Å². The Bertz CT molecular complexity index is 439. The highest BCUT2D eigenvalue weighted by Gasteiger charge is 2.07. The Labute approximate surface area is 105 Å². The lowest BCUT2D eigenvalue weighted by atomic mass is 10.1. The molecule has 0 heterocycles. The van der Waals surface area contributed by atoms with E-state index in [4.69, 9.17) is 0 Å². The highest BCUT2D eigenvalue weighted by molar-refractivity contribution is 5.70. The minimum absolute atomic E-state index is 1.21. The van der Waals surface area contributed by atoms with Crippen LogP contribution in [0.25, 0.3) is 6.08 Å². The molecule has 0 saturated carbocycles. The third kappa shape index (κ3) is 3.35. The maximum absolute atomic E-state index is 2.20. The second-order valence-electron chi connectivity index (χ2n) is 3.84. The van der Waals surface area contributed by atoms with Crippen molar-refractivity contribution >= 4 is 11.8 Å². The Morgan fingerprint density at radius 1 is 1.06 bits per heavy atom. The largest absolute Gasteiger partial charge is 0.321 e. The van der Waals surface area contributed by atoms with Crippen LogP contribution in [0.15, 0.2) is 54.4 Å². The summed E-state index contributed by atoms with van der Waals surface area (Å²) in [5.41, 5.74) is 3.66. The first kappa shape index (κ1) is 13.3. The quantitative estimate of drug-likeness (QED) is 0.701. The first-order chi connectivity index (χ1) is 8.24. The molecule has 0 N–H and O–H groups in total. The van der Waals surface area contributed by atoms with Crippen molar-refractivity contribution in [3.63, 3.8) is 0 Å². The molecule has 0 saturated heterocycles. The van der Waals surface area contributed by atoms with Crippen molar-refractivity contribution in [2.45, 2.75) is 27.7 Å². The summed E-state index contributed by atoms with van der Waals surface area (Å²) in [6.07, 6.45) is 10.5. The van der Waals surface area contributed by atoms with E-state index in [1.54, 1.807) is 0 Å². The molecular weight excluding hydrogens is 206 g/mol. The van der Waals surface area contributed by atoms with Crippen LogP contribution in [0.3, 0.4) is 0 Å². The second-order valence-corrected chi connectivity index (χ2v) is 3.84. The number of para-hydroxylation sites is 1. The van der Waals surface area contributed by atoms with Crippen LogP contribution in [0.5, 0.6) is 0 Å². The SMILES string of the molecule is C/C=C\c1ccccc1N(/C=C\C)/C(C)=C\C. The molecule has 0 unspecified atom stereocenters. The summed E-state index contributed by atoms with van der Waals surface area (Å²) in [4.78, 5) is 2.20. The van der Waals surface area contributed by atoms with Gasteiger partial charge in [-0.05, 0) is 39.3 Å². The van der Waals surface area contributed by atoms with Gasteiger partial charge >= 0.3 is 0 Å². The Morgan fingerprint density at radius 2 is 1.76 bits per heavy atom. The van der Waals surface area contributed by atoms with Gasteiger partial charge in [0.15, 0.2) is 0 Å². The van der Waals surface area contributed by atoms with E-state index < -0.39 is 0 Å². The second kappa shape index (κ2) is 6.74. The monoisotopic (exact) mass is 227 g/mol. The Morgan fingerprint density at radius 3 is 2.35 bits per heavy atom. The smallest absolute Gasteiger partial charge is 0.0524 e. The minimum atomic E-state index is 1.21. The number of benzene rings is 1. The molecular formula is C16H21N. The number of hydrogen-bond donors (Lipinski definition) is 0. The number of anilines is 1.